The molecule has 0 fully saturated rings. The summed E-state index contributed by atoms with van der Waals surface area (Å²) in [5, 5.41) is 7.43. The van der Waals surface area contributed by atoms with Crippen molar-refractivity contribution in [3.8, 4) is 5.69 Å². The van der Waals surface area contributed by atoms with Gasteiger partial charge < -0.3 is 5.73 Å². The van der Waals surface area contributed by atoms with Crippen LogP contribution >= 0.6 is 0 Å². The molecular formula is C11H12F2N4. The molecule has 1 aromatic carbocycles. The van der Waals surface area contributed by atoms with Crippen molar-refractivity contribution in [3.05, 3.63) is 35.5 Å². The molecule has 2 aromatic rings. The third-order valence-corrected chi connectivity index (χ3v) is 2.44. The first-order valence-electron chi connectivity index (χ1n) is 5.29. The van der Waals surface area contributed by atoms with Gasteiger partial charge in [-0.25, -0.2) is 13.5 Å². The second-order valence-corrected chi connectivity index (χ2v) is 3.66. The van der Waals surface area contributed by atoms with E-state index in [9.17, 15) is 8.78 Å². The third-order valence-electron chi connectivity index (χ3n) is 2.44. The van der Waals surface area contributed by atoms with Crippen molar-refractivity contribution in [1.82, 2.24) is 15.0 Å². The molecule has 0 atom stereocenters. The Labute approximate surface area is 97.0 Å². The number of rotatable bonds is 3. The fourth-order valence-corrected chi connectivity index (χ4v) is 1.63. The van der Waals surface area contributed by atoms with E-state index in [4.69, 9.17) is 5.73 Å². The standard InChI is InChI=1S/C11H12F2N4/c1-2-4-9-11(14)15-16-17(9)8-6-3-5-7(12)10(8)13/h3,5-6H,2,4,14H2,1H3. The third kappa shape index (κ3) is 1.98. The van der Waals surface area contributed by atoms with Gasteiger partial charge in [0.15, 0.2) is 17.5 Å². The summed E-state index contributed by atoms with van der Waals surface area (Å²) in [6.45, 7) is 1.96. The van der Waals surface area contributed by atoms with E-state index in [1.165, 1.54) is 16.8 Å². The summed E-state index contributed by atoms with van der Waals surface area (Å²) in [7, 11) is 0. The van der Waals surface area contributed by atoms with E-state index < -0.39 is 11.6 Å². The van der Waals surface area contributed by atoms with Crippen LogP contribution in [0.1, 0.15) is 19.0 Å². The van der Waals surface area contributed by atoms with Crippen molar-refractivity contribution in [2.45, 2.75) is 19.8 Å². The fourth-order valence-electron chi connectivity index (χ4n) is 1.63. The number of benzene rings is 1. The maximum absolute atomic E-state index is 13.6. The summed E-state index contributed by atoms with van der Waals surface area (Å²) in [6.07, 6.45) is 1.42. The minimum absolute atomic E-state index is 0.0256. The van der Waals surface area contributed by atoms with Crippen LogP contribution in [0.2, 0.25) is 0 Å². The molecule has 2 N–H and O–H groups in total. The van der Waals surface area contributed by atoms with Crippen LogP contribution in [0.25, 0.3) is 5.69 Å². The molecule has 90 valence electrons. The molecule has 0 amide bonds. The highest BCUT2D eigenvalue weighted by atomic mass is 19.2. The topological polar surface area (TPSA) is 56.7 Å². The molecule has 0 spiro atoms. The first kappa shape index (κ1) is 11.5. The maximum Gasteiger partial charge on any atom is 0.184 e. The van der Waals surface area contributed by atoms with Gasteiger partial charge in [-0.2, -0.15) is 0 Å². The number of nitrogen functional groups attached to an aromatic ring is 1. The monoisotopic (exact) mass is 238 g/mol. The van der Waals surface area contributed by atoms with Crippen LogP contribution in [0.15, 0.2) is 18.2 Å². The molecule has 0 bridgehead atoms. The average molecular weight is 238 g/mol. The SMILES string of the molecule is CCCc1c(N)nnn1-c1cccc(F)c1F. The Hall–Kier alpha value is -1.98. The van der Waals surface area contributed by atoms with Crippen molar-refractivity contribution in [1.29, 1.82) is 0 Å². The van der Waals surface area contributed by atoms with Crippen molar-refractivity contribution < 1.29 is 8.78 Å². The molecule has 0 saturated heterocycles. The average Bonchev–Trinajstić information content (AvgIpc) is 2.66. The molecule has 6 heteroatoms. The van der Waals surface area contributed by atoms with Gasteiger partial charge >= 0.3 is 0 Å². The van der Waals surface area contributed by atoms with Crippen LogP contribution in [-0.4, -0.2) is 15.0 Å². The van der Waals surface area contributed by atoms with Gasteiger partial charge in [0, 0.05) is 0 Å². The molecule has 0 aliphatic carbocycles. The first-order valence-corrected chi connectivity index (χ1v) is 5.29. The number of halogens is 2. The van der Waals surface area contributed by atoms with E-state index in [2.05, 4.69) is 10.3 Å². The largest absolute Gasteiger partial charge is 0.381 e. The molecule has 0 saturated carbocycles. The fraction of sp³-hybridized carbons (Fsp3) is 0.273. The van der Waals surface area contributed by atoms with Gasteiger partial charge in [-0.05, 0) is 18.6 Å². The lowest BCUT2D eigenvalue weighted by Gasteiger charge is -2.07. The van der Waals surface area contributed by atoms with Crippen molar-refractivity contribution >= 4 is 5.82 Å². The minimum atomic E-state index is -0.949. The van der Waals surface area contributed by atoms with Gasteiger partial charge in [0.25, 0.3) is 0 Å². The van der Waals surface area contributed by atoms with Gasteiger partial charge in [0.05, 0.1) is 5.69 Å². The van der Waals surface area contributed by atoms with Gasteiger partial charge in [0.2, 0.25) is 0 Å². The molecule has 0 unspecified atom stereocenters. The molecule has 1 heterocycles. The van der Waals surface area contributed by atoms with Gasteiger partial charge in [-0.15, -0.1) is 5.10 Å². The molecular weight excluding hydrogens is 226 g/mol. The molecule has 0 aliphatic heterocycles. The second kappa shape index (κ2) is 4.48. The second-order valence-electron chi connectivity index (χ2n) is 3.66. The van der Waals surface area contributed by atoms with Crippen LogP contribution in [0, 0.1) is 11.6 Å². The predicted octanol–water partition coefficient (Wildman–Crippen LogP) is 2.08. The normalized spacial score (nSPS) is 10.8. The molecule has 17 heavy (non-hydrogen) atoms. The van der Waals surface area contributed by atoms with E-state index in [1.807, 2.05) is 6.92 Å². The Morgan fingerprint density at radius 1 is 1.35 bits per heavy atom. The zero-order chi connectivity index (χ0) is 12.4. The maximum atomic E-state index is 13.6. The summed E-state index contributed by atoms with van der Waals surface area (Å²) >= 11 is 0. The summed E-state index contributed by atoms with van der Waals surface area (Å²) in [5.41, 5.74) is 6.26. The van der Waals surface area contributed by atoms with Crippen molar-refractivity contribution in [3.63, 3.8) is 0 Å². The molecule has 4 nitrogen and oxygen atoms in total. The first-order chi connectivity index (χ1) is 8.15. The Kier molecular flexibility index (Phi) is 3.03. The van der Waals surface area contributed by atoms with E-state index in [0.29, 0.717) is 12.1 Å². The summed E-state index contributed by atoms with van der Waals surface area (Å²) in [4.78, 5) is 0. The number of nitrogens with two attached hydrogens (primary N) is 1. The quantitative estimate of drug-likeness (QED) is 0.890. The van der Waals surface area contributed by atoms with Crippen LogP contribution < -0.4 is 5.73 Å². The van der Waals surface area contributed by atoms with Crippen molar-refractivity contribution in [2.24, 2.45) is 0 Å². The van der Waals surface area contributed by atoms with Crippen LogP contribution in [0.3, 0.4) is 0 Å². The lowest BCUT2D eigenvalue weighted by molar-refractivity contribution is 0.499. The lowest BCUT2D eigenvalue weighted by atomic mass is 10.2. The van der Waals surface area contributed by atoms with E-state index in [-0.39, 0.29) is 11.5 Å². The number of aromatic nitrogens is 3. The Morgan fingerprint density at radius 2 is 2.12 bits per heavy atom. The predicted molar refractivity (Wildman–Crippen MR) is 59.7 cm³/mol. The van der Waals surface area contributed by atoms with Crippen LogP contribution in [-0.2, 0) is 6.42 Å². The van der Waals surface area contributed by atoms with Crippen LogP contribution in [0.4, 0.5) is 14.6 Å². The van der Waals surface area contributed by atoms with Gasteiger partial charge in [0.1, 0.15) is 5.69 Å². The summed E-state index contributed by atoms with van der Waals surface area (Å²) < 4.78 is 28.0. The number of anilines is 1. The summed E-state index contributed by atoms with van der Waals surface area (Å²) in [5.74, 6) is -1.62. The number of hydrogen-bond acceptors (Lipinski definition) is 3. The zero-order valence-electron chi connectivity index (χ0n) is 9.32. The van der Waals surface area contributed by atoms with Crippen LogP contribution in [0.5, 0.6) is 0 Å². The number of hydrogen-bond donors (Lipinski definition) is 1. The number of nitrogens with zero attached hydrogens (tertiary/aromatic N) is 3. The molecule has 0 aliphatic rings. The Bertz CT molecular complexity index is 536. The van der Waals surface area contributed by atoms with Crippen molar-refractivity contribution in [2.75, 3.05) is 5.73 Å². The summed E-state index contributed by atoms with van der Waals surface area (Å²) in [6, 6.07) is 3.91. The van der Waals surface area contributed by atoms with E-state index in [1.54, 1.807) is 0 Å². The molecule has 1 aromatic heterocycles. The van der Waals surface area contributed by atoms with E-state index in [0.717, 1.165) is 12.5 Å². The highest BCUT2D eigenvalue weighted by molar-refractivity contribution is 5.41. The van der Waals surface area contributed by atoms with Gasteiger partial charge in [-0.3, -0.25) is 0 Å². The van der Waals surface area contributed by atoms with E-state index >= 15 is 0 Å². The van der Waals surface area contributed by atoms with Gasteiger partial charge in [-0.1, -0.05) is 24.6 Å². The Morgan fingerprint density at radius 3 is 2.82 bits per heavy atom. The minimum Gasteiger partial charge on any atom is -0.381 e. The molecule has 2 rings (SSSR count). The Balaban J connectivity index is 2.56. The molecule has 0 radical (unpaired) electrons. The highest BCUT2D eigenvalue weighted by Gasteiger charge is 2.16. The lowest BCUT2D eigenvalue weighted by Crippen LogP contribution is -2.06. The highest BCUT2D eigenvalue weighted by Crippen LogP contribution is 2.20. The zero-order valence-corrected chi connectivity index (χ0v) is 9.32. The smallest absolute Gasteiger partial charge is 0.184 e.